The average Bonchev–Trinajstić information content (AvgIpc) is 3.02. The van der Waals surface area contributed by atoms with Crippen molar-refractivity contribution in [2.45, 2.75) is 12.7 Å². The lowest BCUT2D eigenvalue weighted by molar-refractivity contribution is 0.102. The standard InChI is InChI=1S/C11H13BrO3/c1-13-11-3-2-9(12)4-8(11)5-14-6-10-7-15-10/h2-4,10H,5-7H2,1H3/t10-/m0/s1. The maximum atomic E-state index is 5.52. The monoisotopic (exact) mass is 272 g/mol. The minimum Gasteiger partial charge on any atom is -0.496 e. The maximum Gasteiger partial charge on any atom is 0.124 e. The molecule has 0 amide bonds. The summed E-state index contributed by atoms with van der Waals surface area (Å²) < 4.78 is 16.8. The molecule has 1 saturated heterocycles. The molecular weight excluding hydrogens is 260 g/mol. The normalized spacial score (nSPS) is 18.9. The van der Waals surface area contributed by atoms with Crippen LogP contribution in [0.15, 0.2) is 22.7 Å². The van der Waals surface area contributed by atoms with Crippen LogP contribution in [-0.4, -0.2) is 26.4 Å². The van der Waals surface area contributed by atoms with Crippen molar-refractivity contribution in [3.05, 3.63) is 28.2 Å². The third kappa shape index (κ3) is 3.19. The SMILES string of the molecule is COc1ccc(Br)cc1COC[C@H]1CO1. The Morgan fingerprint density at radius 3 is 3.00 bits per heavy atom. The Labute approximate surface area is 97.5 Å². The topological polar surface area (TPSA) is 31.0 Å². The minimum absolute atomic E-state index is 0.308. The first kappa shape index (κ1) is 10.9. The van der Waals surface area contributed by atoms with Gasteiger partial charge >= 0.3 is 0 Å². The average molecular weight is 273 g/mol. The van der Waals surface area contributed by atoms with Crippen LogP contribution in [-0.2, 0) is 16.1 Å². The van der Waals surface area contributed by atoms with E-state index in [2.05, 4.69) is 15.9 Å². The van der Waals surface area contributed by atoms with E-state index >= 15 is 0 Å². The molecule has 0 radical (unpaired) electrons. The van der Waals surface area contributed by atoms with E-state index in [4.69, 9.17) is 14.2 Å². The second-order valence-electron chi connectivity index (χ2n) is 3.43. The summed E-state index contributed by atoms with van der Waals surface area (Å²) >= 11 is 3.42. The van der Waals surface area contributed by atoms with Crippen molar-refractivity contribution in [3.8, 4) is 5.75 Å². The highest BCUT2D eigenvalue weighted by Crippen LogP contribution is 2.24. The third-order valence-corrected chi connectivity index (χ3v) is 2.70. The minimum atomic E-state index is 0.308. The van der Waals surface area contributed by atoms with E-state index in [0.717, 1.165) is 22.4 Å². The highest BCUT2D eigenvalue weighted by atomic mass is 79.9. The molecule has 1 fully saturated rings. The Morgan fingerprint density at radius 2 is 2.33 bits per heavy atom. The molecule has 1 aliphatic heterocycles. The van der Waals surface area contributed by atoms with Gasteiger partial charge in [0.25, 0.3) is 0 Å². The summed E-state index contributed by atoms with van der Waals surface area (Å²) in [6.45, 7) is 2.05. The van der Waals surface area contributed by atoms with Crippen molar-refractivity contribution in [1.82, 2.24) is 0 Å². The molecule has 0 aromatic heterocycles. The van der Waals surface area contributed by atoms with Crippen molar-refractivity contribution in [2.75, 3.05) is 20.3 Å². The van der Waals surface area contributed by atoms with Gasteiger partial charge in [0.15, 0.2) is 0 Å². The van der Waals surface area contributed by atoms with Crippen LogP contribution in [0, 0.1) is 0 Å². The van der Waals surface area contributed by atoms with Gasteiger partial charge in [-0.05, 0) is 18.2 Å². The number of halogens is 1. The molecule has 0 spiro atoms. The van der Waals surface area contributed by atoms with Gasteiger partial charge in [-0.3, -0.25) is 0 Å². The van der Waals surface area contributed by atoms with E-state index in [1.54, 1.807) is 7.11 Å². The fourth-order valence-electron chi connectivity index (χ4n) is 1.32. The van der Waals surface area contributed by atoms with Gasteiger partial charge in [-0.25, -0.2) is 0 Å². The van der Waals surface area contributed by atoms with Crippen LogP contribution in [0.3, 0.4) is 0 Å². The van der Waals surface area contributed by atoms with Gasteiger partial charge in [-0.1, -0.05) is 15.9 Å². The summed E-state index contributed by atoms with van der Waals surface area (Å²) in [6, 6.07) is 5.88. The molecule has 0 saturated carbocycles. The van der Waals surface area contributed by atoms with Crippen molar-refractivity contribution >= 4 is 15.9 Å². The molecular formula is C11H13BrO3. The van der Waals surface area contributed by atoms with Crippen LogP contribution in [0.1, 0.15) is 5.56 Å². The highest BCUT2D eigenvalue weighted by Gasteiger charge is 2.22. The Kier molecular flexibility index (Phi) is 3.61. The Balaban J connectivity index is 1.94. The lowest BCUT2D eigenvalue weighted by Crippen LogP contribution is -2.02. The largest absolute Gasteiger partial charge is 0.496 e. The van der Waals surface area contributed by atoms with Crippen molar-refractivity contribution < 1.29 is 14.2 Å². The van der Waals surface area contributed by atoms with Gasteiger partial charge in [0.05, 0.1) is 26.9 Å². The molecule has 0 unspecified atom stereocenters. The zero-order valence-corrected chi connectivity index (χ0v) is 10.1. The van der Waals surface area contributed by atoms with Gasteiger partial charge in [-0.15, -0.1) is 0 Å². The third-order valence-electron chi connectivity index (χ3n) is 2.21. The number of hydrogen-bond acceptors (Lipinski definition) is 3. The highest BCUT2D eigenvalue weighted by molar-refractivity contribution is 9.10. The first-order valence-corrected chi connectivity index (χ1v) is 5.60. The molecule has 0 N–H and O–H groups in total. The van der Waals surface area contributed by atoms with E-state index in [1.165, 1.54) is 0 Å². The first-order chi connectivity index (χ1) is 7.29. The predicted molar refractivity (Wildman–Crippen MR) is 60.1 cm³/mol. The van der Waals surface area contributed by atoms with E-state index in [-0.39, 0.29) is 0 Å². The zero-order valence-electron chi connectivity index (χ0n) is 8.53. The predicted octanol–water partition coefficient (Wildman–Crippen LogP) is 2.37. The van der Waals surface area contributed by atoms with Gasteiger partial charge in [-0.2, -0.15) is 0 Å². The lowest BCUT2D eigenvalue weighted by atomic mass is 10.2. The van der Waals surface area contributed by atoms with E-state index in [1.807, 2.05) is 18.2 Å². The quantitative estimate of drug-likeness (QED) is 0.772. The Hall–Kier alpha value is -0.580. The smallest absolute Gasteiger partial charge is 0.124 e. The molecule has 15 heavy (non-hydrogen) atoms. The van der Waals surface area contributed by atoms with Gasteiger partial charge < -0.3 is 14.2 Å². The summed E-state index contributed by atoms with van der Waals surface area (Å²) in [5.41, 5.74) is 1.05. The van der Waals surface area contributed by atoms with Crippen molar-refractivity contribution in [1.29, 1.82) is 0 Å². The second-order valence-corrected chi connectivity index (χ2v) is 4.34. The molecule has 4 heteroatoms. The summed E-state index contributed by atoms with van der Waals surface area (Å²) in [4.78, 5) is 0. The number of hydrogen-bond donors (Lipinski definition) is 0. The van der Waals surface area contributed by atoms with Crippen molar-refractivity contribution in [2.24, 2.45) is 0 Å². The summed E-state index contributed by atoms with van der Waals surface area (Å²) in [5, 5.41) is 0. The van der Waals surface area contributed by atoms with E-state index in [0.29, 0.717) is 19.3 Å². The van der Waals surface area contributed by atoms with Crippen LogP contribution in [0.25, 0.3) is 0 Å². The molecule has 0 aliphatic carbocycles. The number of rotatable bonds is 5. The van der Waals surface area contributed by atoms with Crippen LogP contribution in [0.5, 0.6) is 5.75 Å². The number of methoxy groups -OCH3 is 1. The number of epoxide rings is 1. The second kappa shape index (κ2) is 4.96. The fourth-order valence-corrected chi connectivity index (χ4v) is 1.73. The van der Waals surface area contributed by atoms with Gasteiger partial charge in [0, 0.05) is 10.0 Å². The molecule has 1 atom stereocenters. The maximum absolute atomic E-state index is 5.52. The fraction of sp³-hybridized carbons (Fsp3) is 0.455. The van der Waals surface area contributed by atoms with E-state index < -0.39 is 0 Å². The Morgan fingerprint density at radius 1 is 1.53 bits per heavy atom. The van der Waals surface area contributed by atoms with Crippen LogP contribution in [0.2, 0.25) is 0 Å². The van der Waals surface area contributed by atoms with Gasteiger partial charge in [0.2, 0.25) is 0 Å². The first-order valence-electron chi connectivity index (χ1n) is 4.81. The van der Waals surface area contributed by atoms with Crippen LogP contribution < -0.4 is 4.74 Å². The van der Waals surface area contributed by atoms with Crippen molar-refractivity contribution in [3.63, 3.8) is 0 Å². The van der Waals surface area contributed by atoms with Gasteiger partial charge in [0.1, 0.15) is 11.9 Å². The molecule has 0 bridgehead atoms. The molecule has 1 aliphatic rings. The van der Waals surface area contributed by atoms with Crippen LogP contribution in [0.4, 0.5) is 0 Å². The summed E-state index contributed by atoms with van der Waals surface area (Å²) in [6.07, 6.45) is 0.308. The van der Waals surface area contributed by atoms with Crippen LogP contribution >= 0.6 is 15.9 Å². The molecule has 1 aromatic rings. The Bertz CT molecular complexity index is 337. The zero-order chi connectivity index (χ0) is 10.7. The molecule has 2 rings (SSSR count). The summed E-state index contributed by atoms with van der Waals surface area (Å²) in [5.74, 6) is 0.856. The molecule has 82 valence electrons. The molecule has 1 heterocycles. The molecule has 1 aromatic carbocycles. The number of ether oxygens (including phenoxy) is 3. The van der Waals surface area contributed by atoms with E-state index in [9.17, 15) is 0 Å². The summed E-state index contributed by atoms with van der Waals surface area (Å²) in [7, 11) is 1.66. The molecule has 3 nitrogen and oxygen atoms in total. The number of benzene rings is 1. The lowest BCUT2D eigenvalue weighted by Gasteiger charge is -2.08.